The number of hydrogen-bond donors (Lipinski definition) is 1. The SMILES string of the molecule is N#CC(C(=O)CC1=CCCCC1)c1nc2ccccc2[nH]1. The molecule has 0 amide bonds. The fraction of sp³-hybridized carbons (Fsp3) is 0.353. The van der Waals surface area contributed by atoms with Crippen LogP contribution in [0.5, 0.6) is 0 Å². The number of aromatic nitrogens is 2. The standard InChI is InChI=1S/C17H17N3O/c18-11-13(16(21)10-12-6-2-1-3-7-12)17-19-14-8-4-5-9-15(14)20-17/h4-6,8-9,13H,1-3,7,10H2,(H,19,20). The Kier molecular flexibility index (Phi) is 3.83. The maximum atomic E-state index is 12.4. The van der Waals surface area contributed by atoms with E-state index in [0.29, 0.717) is 12.2 Å². The van der Waals surface area contributed by atoms with Gasteiger partial charge in [-0.05, 0) is 37.8 Å². The Morgan fingerprint density at radius 3 is 2.95 bits per heavy atom. The number of H-pyrrole nitrogens is 1. The predicted molar refractivity (Wildman–Crippen MR) is 80.6 cm³/mol. The Balaban J connectivity index is 1.82. The minimum atomic E-state index is -0.805. The van der Waals surface area contributed by atoms with Crippen LogP contribution in [0.15, 0.2) is 35.9 Å². The van der Waals surface area contributed by atoms with Crippen molar-refractivity contribution in [1.29, 1.82) is 5.26 Å². The first-order valence-electron chi connectivity index (χ1n) is 7.33. The summed E-state index contributed by atoms with van der Waals surface area (Å²) < 4.78 is 0. The van der Waals surface area contributed by atoms with Crippen molar-refractivity contribution in [3.63, 3.8) is 0 Å². The van der Waals surface area contributed by atoms with Gasteiger partial charge in [-0.1, -0.05) is 23.8 Å². The smallest absolute Gasteiger partial charge is 0.162 e. The number of ketones is 1. The van der Waals surface area contributed by atoms with E-state index in [4.69, 9.17) is 0 Å². The van der Waals surface area contributed by atoms with Crippen LogP contribution in [0.3, 0.4) is 0 Å². The van der Waals surface area contributed by atoms with Crippen molar-refractivity contribution in [3.05, 3.63) is 41.7 Å². The topological polar surface area (TPSA) is 69.5 Å². The van der Waals surface area contributed by atoms with Crippen LogP contribution in [-0.2, 0) is 4.79 Å². The third kappa shape index (κ3) is 2.87. The summed E-state index contributed by atoms with van der Waals surface area (Å²) in [5, 5.41) is 9.35. The number of para-hydroxylation sites is 2. The number of allylic oxidation sites excluding steroid dienone is 2. The lowest BCUT2D eigenvalue weighted by Crippen LogP contribution is -2.13. The number of imidazole rings is 1. The molecule has 0 radical (unpaired) electrons. The molecule has 0 saturated carbocycles. The third-order valence-corrected chi connectivity index (χ3v) is 3.92. The molecule has 1 aromatic heterocycles. The fourth-order valence-electron chi connectivity index (χ4n) is 2.79. The molecule has 0 bridgehead atoms. The van der Waals surface area contributed by atoms with Crippen LogP contribution in [0.25, 0.3) is 11.0 Å². The molecule has 21 heavy (non-hydrogen) atoms. The van der Waals surface area contributed by atoms with Crippen molar-refractivity contribution >= 4 is 16.8 Å². The number of rotatable bonds is 4. The second-order valence-corrected chi connectivity index (χ2v) is 5.45. The Bertz CT molecular complexity index is 703. The van der Waals surface area contributed by atoms with E-state index in [-0.39, 0.29) is 5.78 Å². The molecule has 0 spiro atoms. The average molecular weight is 279 g/mol. The number of Topliss-reactive ketones (excluding diaryl/α,β-unsaturated/α-hetero) is 1. The molecule has 1 N–H and O–H groups in total. The maximum Gasteiger partial charge on any atom is 0.162 e. The third-order valence-electron chi connectivity index (χ3n) is 3.92. The Morgan fingerprint density at radius 2 is 2.24 bits per heavy atom. The molecule has 1 atom stereocenters. The van der Waals surface area contributed by atoms with E-state index in [1.165, 1.54) is 12.0 Å². The van der Waals surface area contributed by atoms with Crippen LogP contribution >= 0.6 is 0 Å². The molecule has 1 unspecified atom stereocenters. The largest absolute Gasteiger partial charge is 0.340 e. The minimum Gasteiger partial charge on any atom is -0.340 e. The van der Waals surface area contributed by atoms with E-state index in [9.17, 15) is 10.1 Å². The monoisotopic (exact) mass is 279 g/mol. The lowest BCUT2D eigenvalue weighted by atomic mass is 9.92. The number of fused-ring (bicyclic) bond motifs is 1. The number of aromatic amines is 1. The van der Waals surface area contributed by atoms with Crippen LogP contribution in [0.4, 0.5) is 0 Å². The van der Waals surface area contributed by atoms with Crippen molar-refractivity contribution in [2.24, 2.45) is 0 Å². The van der Waals surface area contributed by atoms with Crippen molar-refractivity contribution in [2.45, 2.75) is 38.0 Å². The molecule has 0 fully saturated rings. The van der Waals surface area contributed by atoms with Crippen molar-refractivity contribution in [3.8, 4) is 6.07 Å². The second kappa shape index (κ2) is 5.92. The number of nitrogens with zero attached hydrogens (tertiary/aromatic N) is 2. The zero-order valence-corrected chi connectivity index (χ0v) is 11.8. The number of benzene rings is 1. The van der Waals surface area contributed by atoms with Crippen LogP contribution < -0.4 is 0 Å². The molecule has 4 nitrogen and oxygen atoms in total. The lowest BCUT2D eigenvalue weighted by Gasteiger charge is -2.13. The highest BCUT2D eigenvalue weighted by Crippen LogP contribution is 2.25. The van der Waals surface area contributed by atoms with Crippen molar-refractivity contribution in [2.75, 3.05) is 0 Å². The zero-order valence-electron chi connectivity index (χ0n) is 11.8. The molecule has 1 aliphatic carbocycles. The van der Waals surface area contributed by atoms with Gasteiger partial charge < -0.3 is 4.98 Å². The zero-order chi connectivity index (χ0) is 14.7. The van der Waals surface area contributed by atoms with Crippen molar-refractivity contribution in [1.82, 2.24) is 9.97 Å². The molecule has 106 valence electrons. The van der Waals surface area contributed by atoms with Gasteiger partial charge >= 0.3 is 0 Å². The number of carbonyl (C=O) groups is 1. The fourth-order valence-corrected chi connectivity index (χ4v) is 2.79. The highest BCUT2D eigenvalue weighted by molar-refractivity contribution is 5.90. The summed E-state index contributed by atoms with van der Waals surface area (Å²) in [6.45, 7) is 0. The quantitative estimate of drug-likeness (QED) is 0.869. The molecular weight excluding hydrogens is 262 g/mol. The second-order valence-electron chi connectivity index (χ2n) is 5.45. The molecule has 1 aromatic carbocycles. The summed E-state index contributed by atoms with van der Waals surface area (Å²) >= 11 is 0. The summed E-state index contributed by atoms with van der Waals surface area (Å²) in [6.07, 6.45) is 6.88. The Labute approximate surface area is 123 Å². The predicted octanol–water partition coefficient (Wildman–Crippen LogP) is 3.63. The van der Waals surface area contributed by atoms with Gasteiger partial charge in [-0.3, -0.25) is 4.79 Å². The van der Waals surface area contributed by atoms with E-state index in [1.54, 1.807) is 0 Å². The first-order valence-corrected chi connectivity index (χ1v) is 7.33. The number of carbonyl (C=O) groups excluding carboxylic acids is 1. The molecule has 0 saturated heterocycles. The molecular formula is C17H17N3O. The van der Waals surface area contributed by atoms with Gasteiger partial charge in [-0.15, -0.1) is 0 Å². The van der Waals surface area contributed by atoms with Crippen molar-refractivity contribution < 1.29 is 4.79 Å². The maximum absolute atomic E-state index is 12.4. The molecule has 2 aromatic rings. The number of nitriles is 1. The van der Waals surface area contributed by atoms with Gasteiger partial charge in [-0.2, -0.15) is 5.26 Å². The van der Waals surface area contributed by atoms with Gasteiger partial charge in [0.25, 0.3) is 0 Å². The first-order chi connectivity index (χ1) is 10.3. The van der Waals surface area contributed by atoms with E-state index in [2.05, 4.69) is 22.1 Å². The van der Waals surface area contributed by atoms with Crippen LogP contribution in [0, 0.1) is 11.3 Å². The first kappa shape index (κ1) is 13.6. The summed E-state index contributed by atoms with van der Waals surface area (Å²) in [7, 11) is 0. The number of hydrogen-bond acceptors (Lipinski definition) is 3. The molecule has 0 aliphatic heterocycles. The Hall–Kier alpha value is -2.41. The highest BCUT2D eigenvalue weighted by atomic mass is 16.1. The van der Waals surface area contributed by atoms with Crippen LogP contribution in [0.1, 0.15) is 43.8 Å². The normalized spacial score (nSPS) is 16.2. The van der Waals surface area contributed by atoms with E-state index >= 15 is 0 Å². The molecule has 1 heterocycles. The van der Waals surface area contributed by atoms with Gasteiger partial charge in [-0.25, -0.2) is 4.98 Å². The van der Waals surface area contributed by atoms with E-state index < -0.39 is 5.92 Å². The Morgan fingerprint density at radius 1 is 1.38 bits per heavy atom. The van der Waals surface area contributed by atoms with Gasteiger partial charge in [0, 0.05) is 6.42 Å². The number of nitrogens with one attached hydrogen (secondary N) is 1. The minimum absolute atomic E-state index is 0.0651. The molecule has 3 rings (SSSR count). The van der Waals surface area contributed by atoms with E-state index in [0.717, 1.165) is 30.3 Å². The lowest BCUT2D eigenvalue weighted by molar-refractivity contribution is -0.118. The van der Waals surface area contributed by atoms with Gasteiger partial charge in [0.2, 0.25) is 0 Å². The van der Waals surface area contributed by atoms with Crippen LogP contribution in [0.2, 0.25) is 0 Å². The van der Waals surface area contributed by atoms with Gasteiger partial charge in [0.15, 0.2) is 11.7 Å². The summed E-state index contributed by atoms with van der Waals surface area (Å²) in [4.78, 5) is 19.9. The summed E-state index contributed by atoms with van der Waals surface area (Å²) in [5.74, 6) is -0.412. The van der Waals surface area contributed by atoms with E-state index in [1.807, 2.05) is 24.3 Å². The average Bonchev–Trinajstić information content (AvgIpc) is 2.92. The van der Waals surface area contributed by atoms with Crippen LogP contribution in [-0.4, -0.2) is 15.8 Å². The summed E-state index contributed by atoms with van der Waals surface area (Å²) in [5.41, 5.74) is 2.82. The van der Waals surface area contributed by atoms with Gasteiger partial charge in [0.1, 0.15) is 5.82 Å². The molecule has 4 heteroatoms. The van der Waals surface area contributed by atoms with Gasteiger partial charge in [0.05, 0.1) is 17.1 Å². The summed E-state index contributed by atoms with van der Waals surface area (Å²) in [6, 6.07) is 9.66. The molecule has 1 aliphatic rings. The highest BCUT2D eigenvalue weighted by Gasteiger charge is 2.24.